The number of carbonyl (C=O) groups excluding carboxylic acids is 2. The number of aromatic amines is 1. The van der Waals surface area contributed by atoms with E-state index in [1.807, 2.05) is 4.90 Å². The number of nitrogens with zero attached hydrogens (tertiary/aromatic N) is 3. The highest BCUT2D eigenvalue weighted by Crippen LogP contribution is 2.39. The van der Waals surface area contributed by atoms with Gasteiger partial charge in [0.1, 0.15) is 5.82 Å². The minimum atomic E-state index is -0.480. The fourth-order valence-corrected chi connectivity index (χ4v) is 4.50. The number of aromatic nitrogens is 2. The second-order valence-corrected chi connectivity index (χ2v) is 7.95. The van der Waals surface area contributed by atoms with E-state index in [1.54, 1.807) is 35.6 Å². The molecule has 1 atom stereocenters. The Morgan fingerprint density at radius 1 is 1.25 bits per heavy atom. The molecule has 2 aromatic rings. The summed E-state index contributed by atoms with van der Waals surface area (Å²) in [5.41, 5.74) is 1.04. The van der Waals surface area contributed by atoms with Gasteiger partial charge >= 0.3 is 0 Å². The minimum absolute atomic E-state index is 0.0962. The predicted molar refractivity (Wildman–Crippen MR) is 102 cm³/mol. The molecule has 6 nitrogen and oxygen atoms in total. The van der Waals surface area contributed by atoms with Crippen molar-refractivity contribution in [1.29, 1.82) is 0 Å². The third kappa shape index (κ3) is 3.79. The molecule has 2 aliphatic rings. The summed E-state index contributed by atoms with van der Waals surface area (Å²) in [6.45, 7) is 2.51. The Labute approximate surface area is 163 Å². The predicted octanol–water partition coefficient (Wildman–Crippen LogP) is 2.64. The number of H-pyrrole nitrogens is 1. The first kappa shape index (κ1) is 18.7. The SMILES string of the molecule is O=C1CC[C@]2(CCCN(C(=O)c3ccccc3F)C2)CN1CCc1cnc[nH]1. The van der Waals surface area contributed by atoms with Gasteiger partial charge in [0.2, 0.25) is 5.91 Å². The summed E-state index contributed by atoms with van der Waals surface area (Å²) in [6.07, 6.45) is 7.31. The molecule has 0 saturated carbocycles. The first-order chi connectivity index (χ1) is 13.6. The van der Waals surface area contributed by atoms with Crippen LogP contribution in [0.3, 0.4) is 0 Å². The van der Waals surface area contributed by atoms with Crippen LogP contribution in [0.2, 0.25) is 0 Å². The first-order valence-electron chi connectivity index (χ1n) is 9.85. The number of amides is 2. The number of carbonyl (C=O) groups is 2. The average Bonchev–Trinajstić information content (AvgIpc) is 3.23. The molecule has 1 aromatic carbocycles. The average molecular weight is 384 g/mol. The number of benzene rings is 1. The monoisotopic (exact) mass is 384 g/mol. The highest BCUT2D eigenvalue weighted by Gasteiger charge is 2.42. The minimum Gasteiger partial charge on any atom is -0.348 e. The Morgan fingerprint density at radius 3 is 2.89 bits per heavy atom. The van der Waals surface area contributed by atoms with Crippen molar-refractivity contribution in [2.75, 3.05) is 26.2 Å². The number of hydrogen-bond donors (Lipinski definition) is 1. The number of likely N-dealkylation sites (tertiary alicyclic amines) is 2. The van der Waals surface area contributed by atoms with Crippen molar-refractivity contribution in [1.82, 2.24) is 19.8 Å². The van der Waals surface area contributed by atoms with Gasteiger partial charge in [-0.1, -0.05) is 12.1 Å². The van der Waals surface area contributed by atoms with Crippen LogP contribution in [0.5, 0.6) is 0 Å². The van der Waals surface area contributed by atoms with Crippen LogP contribution in [-0.4, -0.2) is 57.8 Å². The highest BCUT2D eigenvalue weighted by molar-refractivity contribution is 5.94. The van der Waals surface area contributed by atoms with Crippen molar-refractivity contribution in [2.45, 2.75) is 32.1 Å². The fraction of sp³-hybridized carbons (Fsp3) is 0.476. The zero-order valence-electron chi connectivity index (χ0n) is 15.9. The zero-order valence-corrected chi connectivity index (χ0v) is 15.9. The van der Waals surface area contributed by atoms with Gasteiger partial charge in [-0.05, 0) is 31.4 Å². The van der Waals surface area contributed by atoms with Crippen LogP contribution in [0.4, 0.5) is 4.39 Å². The molecule has 2 aliphatic heterocycles. The molecule has 1 spiro atoms. The van der Waals surface area contributed by atoms with Crippen molar-refractivity contribution in [2.24, 2.45) is 5.41 Å². The molecule has 3 heterocycles. The lowest BCUT2D eigenvalue weighted by molar-refractivity contribution is -0.138. The molecular weight excluding hydrogens is 359 g/mol. The van der Waals surface area contributed by atoms with E-state index >= 15 is 0 Å². The van der Waals surface area contributed by atoms with E-state index in [1.165, 1.54) is 6.07 Å². The summed E-state index contributed by atoms with van der Waals surface area (Å²) in [7, 11) is 0. The van der Waals surface area contributed by atoms with Gasteiger partial charge in [-0.2, -0.15) is 0 Å². The fourth-order valence-electron chi connectivity index (χ4n) is 4.50. The topological polar surface area (TPSA) is 69.3 Å². The highest BCUT2D eigenvalue weighted by atomic mass is 19.1. The number of rotatable bonds is 4. The first-order valence-corrected chi connectivity index (χ1v) is 9.85. The summed E-state index contributed by atoms with van der Waals surface area (Å²) >= 11 is 0. The molecule has 0 bridgehead atoms. The van der Waals surface area contributed by atoms with Crippen LogP contribution in [0.15, 0.2) is 36.8 Å². The quantitative estimate of drug-likeness (QED) is 0.881. The molecule has 7 heteroatoms. The van der Waals surface area contributed by atoms with Crippen molar-refractivity contribution < 1.29 is 14.0 Å². The van der Waals surface area contributed by atoms with Gasteiger partial charge in [0.15, 0.2) is 0 Å². The Kier molecular flexibility index (Phi) is 5.15. The van der Waals surface area contributed by atoms with E-state index in [2.05, 4.69) is 9.97 Å². The number of piperidine rings is 2. The Balaban J connectivity index is 1.45. The van der Waals surface area contributed by atoms with Crippen LogP contribution in [0.1, 0.15) is 41.7 Å². The number of halogens is 1. The molecule has 148 valence electrons. The van der Waals surface area contributed by atoms with Gasteiger partial charge in [-0.3, -0.25) is 9.59 Å². The van der Waals surface area contributed by atoms with Crippen LogP contribution >= 0.6 is 0 Å². The molecule has 1 N–H and O–H groups in total. The number of imidazole rings is 1. The van der Waals surface area contributed by atoms with E-state index in [0.717, 1.165) is 31.4 Å². The maximum absolute atomic E-state index is 14.1. The maximum atomic E-state index is 14.1. The van der Waals surface area contributed by atoms with Crippen molar-refractivity contribution in [3.63, 3.8) is 0 Å². The summed E-state index contributed by atoms with van der Waals surface area (Å²) in [4.78, 5) is 36.1. The molecule has 2 fully saturated rings. The molecule has 2 saturated heterocycles. The summed E-state index contributed by atoms with van der Waals surface area (Å²) < 4.78 is 14.1. The Bertz CT molecular complexity index is 854. The molecular formula is C21H25FN4O2. The van der Waals surface area contributed by atoms with Gasteiger partial charge in [-0.25, -0.2) is 9.37 Å². The van der Waals surface area contributed by atoms with Crippen LogP contribution < -0.4 is 0 Å². The lowest BCUT2D eigenvalue weighted by Gasteiger charge is -2.48. The van der Waals surface area contributed by atoms with E-state index in [9.17, 15) is 14.0 Å². The standard InChI is InChI=1S/C21H25FN4O2/c22-18-5-2-1-4-17(18)20(28)26-10-3-8-21(14-26)9-6-19(27)25(13-21)11-7-16-12-23-15-24-16/h1-2,4-5,12,15H,3,6-11,13-14H2,(H,23,24)/t21-/m1/s1. The van der Waals surface area contributed by atoms with Gasteiger partial charge in [0, 0.05) is 56.3 Å². The Hall–Kier alpha value is -2.70. The van der Waals surface area contributed by atoms with E-state index < -0.39 is 5.82 Å². The number of hydrogen-bond acceptors (Lipinski definition) is 3. The molecule has 2 amide bonds. The van der Waals surface area contributed by atoms with Crippen molar-refractivity contribution in [3.8, 4) is 0 Å². The van der Waals surface area contributed by atoms with Gasteiger partial charge in [0.05, 0.1) is 11.9 Å². The second kappa shape index (κ2) is 7.73. The van der Waals surface area contributed by atoms with Gasteiger partial charge in [-0.15, -0.1) is 0 Å². The third-order valence-electron chi connectivity index (χ3n) is 6.01. The molecule has 28 heavy (non-hydrogen) atoms. The molecule has 0 radical (unpaired) electrons. The smallest absolute Gasteiger partial charge is 0.256 e. The molecule has 0 aliphatic carbocycles. The normalized spacial score (nSPS) is 22.7. The van der Waals surface area contributed by atoms with E-state index in [0.29, 0.717) is 32.6 Å². The third-order valence-corrected chi connectivity index (χ3v) is 6.01. The van der Waals surface area contributed by atoms with Crippen molar-refractivity contribution in [3.05, 3.63) is 53.9 Å². The maximum Gasteiger partial charge on any atom is 0.256 e. The van der Waals surface area contributed by atoms with Gasteiger partial charge in [0.25, 0.3) is 5.91 Å². The van der Waals surface area contributed by atoms with Crippen LogP contribution in [-0.2, 0) is 11.2 Å². The summed E-state index contributed by atoms with van der Waals surface area (Å²) in [6, 6.07) is 6.14. The Morgan fingerprint density at radius 2 is 2.11 bits per heavy atom. The molecule has 0 unspecified atom stereocenters. The van der Waals surface area contributed by atoms with Crippen LogP contribution in [0, 0.1) is 11.2 Å². The lowest BCUT2D eigenvalue weighted by Crippen LogP contribution is -2.55. The number of nitrogens with one attached hydrogen (secondary N) is 1. The molecule has 1 aromatic heterocycles. The van der Waals surface area contributed by atoms with Gasteiger partial charge < -0.3 is 14.8 Å². The van der Waals surface area contributed by atoms with Crippen LogP contribution in [0.25, 0.3) is 0 Å². The van der Waals surface area contributed by atoms with Crippen molar-refractivity contribution >= 4 is 11.8 Å². The summed E-state index contributed by atoms with van der Waals surface area (Å²) in [5.74, 6) is -0.562. The second-order valence-electron chi connectivity index (χ2n) is 7.95. The summed E-state index contributed by atoms with van der Waals surface area (Å²) in [5, 5.41) is 0. The van der Waals surface area contributed by atoms with E-state index in [4.69, 9.17) is 0 Å². The largest absolute Gasteiger partial charge is 0.348 e. The molecule has 4 rings (SSSR count). The lowest BCUT2D eigenvalue weighted by atomic mass is 9.73. The zero-order chi connectivity index (χ0) is 19.6. The van der Waals surface area contributed by atoms with E-state index in [-0.39, 0.29) is 22.8 Å².